The highest BCUT2D eigenvalue weighted by Crippen LogP contribution is 2.29. The molecule has 1 fully saturated rings. The van der Waals surface area contributed by atoms with Crippen LogP contribution in [0.25, 0.3) is 0 Å². The van der Waals surface area contributed by atoms with E-state index in [0.717, 1.165) is 0 Å². The molecule has 2 rings (SSSR count). The minimum Gasteiger partial charge on any atom is -0.468 e. The number of nitrogens with one attached hydrogen (secondary N) is 2. The lowest BCUT2D eigenvalue weighted by Crippen LogP contribution is -2.54. The molecule has 0 saturated carbocycles. The first-order chi connectivity index (χ1) is 13.6. The highest BCUT2D eigenvalue weighted by molar-refractivity contribution is 6.31. The number of nitrogens with zero attached hydrogens (tertiary/aromatic N) is 2. The molecule has 0 aromatic heterocycles. The van der Waals surface area contributed by atoms with Crippen LogP contribution in [0, 0.1) is 0 Å². The monoisotopic (exact) mass is 424 g/mol. The van der Waals surface area contributed by atoms with E-state index >= 15 is 0 Å². The van der Waals surface area contributed by atoms with Crippen molar-refractivity contribution >= 4 is 29.5 Å². The molecule has 1 aromatic carbocycles. The van der Waals surface area contributed by atoms with Crippen LogP contribution in [0.1, 0.15) is 32.4 Å². The van der Waals surface area contributed by atoms with E-state index in [4.69, 9.17) is 16.3 Å². The van der Waals surface area contributed by atoms with Gasteiger partial charge < -0.3 is 10.1 Å². The molecule has 1 aliphatic heterocycles. The van der Waals surface area contributed by atoms with Gasteiger partial charge in [-0.2, -0.15) is 0 Å². The highest BCUT2D eigenvalue weighted by Gasteiger charge is 2.33. The smallest absolute Gasteiger partial charge is 0.327 e. The van der Waals surface area contributed by atoms with Gasteiger partial charge in [-0.1, -0.05) is 29.8 Å². The Hall–Kier alpha value is -2.16. The summed E-state index contributed by atoms with van der Waals surface area (Å²) in [6.45, 7) is 7.91. The van der Waals surface area contributed by atoms with Gasteiger partial charge in [0.1, 0.15) is 6.04 Å². The van der Waals surface area contributed by atoms with E-state index in [1.54, 1.807) is 6.07 Å². The van der Waals surface area contributed by atoms with Gasteiger partial charge in [-0.3, -0.25) is 19.9 Å². The Morgan fingerprint density at radius 2 is 1.76 bits per heavy atom. The van der Waals surface area contributed by atoms with Crippen LogP contribution in [0.3, 0.4) is 0 Å². The predicted molar refractivity (Wildman–Crippen MR) is 111 cm³/mol. The largest absolute Gasteiger partial charge is 0.468 e. The third kappa shape index (κ3) is 6.99. The van der Waals surface area contributed by atoms with E-state index in [9.17, 15) is 14.4 Å². The summed E-state index contributed by atoms with van der Waals surface area (Å²) in [5, 5.41) is 5.54. The van der Waals surface area contributed by atoms with Crippen LogP contribution in [-0.2, 0) is 14.3 Å². The fourth-order valence-electron chi connectivity index (χ4n) is 3.20. The minimum atomic E-state index is -0.595. The molecule has 1 saturated heterocycles. The number of amides is 3. The fourth-order valence-corrected chi connectivity index (χ4v) is 3.44. The molecule has 1 heterocycles. The summed E-state index contributed by atoms with van der Waals surface area (Å²) in [6.07, 6.45) is 0. The van der Waals surface area contributed by atoms with Gasteiger partial charge in [0.15, 0.2) is 0 Å². The normalized spacial score (nSPS) is 16.7. The second-order valence-electron chi connectivity index (χ2n) is 8.01. The number of esters is 1. The van der Waals surface area contributed by atoms with E-state index in [0.29, 0.717) is 36.8 Å². The predicted octanol–water partition coefficient (Wildman–Crippen LogP) is 1.80. The topological polar surface area (TPSA) is 91.0 Å². The molecule has 1 aromatic rings. The zero-order chi connectivity index (χ0) is 21.6. The zero-order valence-corrected chi connectivity index (χ0v) is 18.1. The van der Waals surface area contributed by atoms with Crippen LogP contribution in [0.15, 0.2) is 24.3 Å². The molecule has 0 radical (unpaired) electrons. The van der Waals surface area contributed by atoms with E-state index < -0.39 is 17.6 Å². The number of carbonyl (C=O) groups is 3. The summed E-state index contributed by atoms with van der Waals surface area (Å²) in [5.41, 5.74) is 0.281. The molecule has 1 unspecified atom stereocenters. The summed E-state index contributed by atoms with van der Waals surface area (Å²) >= 11 is 6.30. The van der Waals surface area contributed by atoms with Gasteiger partial charge >= 0.3 is 12.0 Å². The number of hydrogen-bond donors (Lipinski definition) is 2. The standard InChI is InChI=1S/C20H29ClN4O4/c1-20(2,3)23-19(28)22-16(26)13-24-9-11-25(12-10-24)17(18(27)29-4)14-7-5-6-8-15(14)21/h5-8,17H,9-13H2,1-4H3,(H2,22,23,26,28). The number of benzene rings is 1. The SMILES string of the molecule is COC(=O)C(c1ccccc1Cl)N1CCN(CC(=O)NC(=O)NC(C)(C)C)CC1. The first kappa shape index (κ1) is 23.1. The maximum atomic E-state index is 12.4. The van der Waals surface area contributed by atoms with Crippen molar-refractivity contribution in [2.75, 3.05) is 39.8 Å². The van der Waals surface area contributed by atoms with Crippen molar-refractivity contribution in [1.29, 1.82) is 0 Å². The number of imide groups is 1. The molecule has 160 valence electrons. The molecule has 1 aliphatic rings. The lowest BCUT2D eigenvalue weighted by molar-refractivity contribution is -0.148. The Bertz CT molecular complexity index is 742. The molecular formula is C20H29ClN4O4. The molecule has 8 nitrogen and oxygen atoms in total. The Balaban J connectivity index is 1.93. The Kier molecular flexibility index (Phi) is 8.01. The van der Waals surface area contributed by atoms with Crippen molar-refractivity contribution in [2.24, 2.45) is 0 Å². The first-order valence-electron chi connectivity index (χ1n) is 9.51. The number of urea groups is 1. The number of halogens is 1. The van der Waals surface area contributed by atoms with Crippen LogP contribution in [0.5, 0.6) is 0 Å². The molecule has 0 aliphatic carbocycles. The highest BCUT2D eigenvalue weighted by atomic mass is 35.5. The average Bonchev–Trinajstić information content (AvgIpc) is 2.62. The third-order valence-electron chi connectivity index (χ3n) is 4.50. The number of methoxy groups -OCH3 is 1. The van der Waals surface area contributed by atoms with Gasteiger partial charge in [-0.25, -0.2) is 9.59 Å². The molecule has 0 spiro atoms. The Labute approximate surface area is 176 Å². The van der Waals surface area contributed by atoms with Crippen LogP contribution >= 0.6 is 11.6 Å². The third-order valence-corrected chi connectivity index (χ3v) is 4.85. The maximum absolute atomic E-state index is 12.4. The second-order valence-corrected chi connectivity index (χ2v) is 8.42. The molecule has 2 N–H and O–H groups in total. The number of hydrogen-bond acceptors (Lipinski definition) is 6. The van der Waals surface area contributed by atoms with Crippen molar-refractivity contribution in [2.45, 2.75) is 32.4 Å². The summed E-state index contributed by atoms with van der Waals surface area (Å²) < 4.78 is 4.99. The second kappa shape index (κ2) is 10.0. The zero-order valence-electron chi connectivity index (χ0n) is 17.3. The fraction of sp³-hybridized carbons (Fsp3) is 0.550. The van der Waals surface area contributed by atoms with Gasteiger partial charge in [0, 0.05) is 36.7 Å². The van der Waals surface area contributed by atoms with Gasteiger partial charge in [0.2, 0.25) is 5.91 Å². The molecule has 29 heavy (non-hydrogen) atoms. The number of carbonyl (C=O) groups excluding carboxylic acids is 3. The van der Waals surface area contributed by atoms with Crippen molar-refractivity contribution in [3.8, 4) is 0 Å². The van der Waals surface area contributed by atoms with Crippen LogP contribution < -0.4 is 10.6 Å². The van der Waals surface area contributed by atoms with Crippen molar-refractivity contribution in [3.05, 3.63) is 34.9 Å². The molecule has 3 amide bonds. The van der Waals surface area contributed by atoms with E-state index in [-0.39, 0.29) is 18.4 Å². The number of ether oxygens (including phenoxy) is 1. The summed E-state index contributed by atoms with van der Waals surface area (Å²) in [5.74, 6) is -0.737. The Morgan fingerprint density at radius 3 is 2.31 bits per heavy atom. The average molecular weight is 425 g/mol. The number of piperazine rings is 1. The van der Waals surface area contributed by atoms with Crippen molar-refractivity contribution < 1.29 is 19.1 Å². The molecule has 9 heteroatoms. The number of rotatable bonds is 5. The first-order valence-corrected chi connectivity index (χ1v) is 9.89. The van der Waals surface area contributed by atoms with Crippen LogP contribution in [0.2, 0.25) is 5.02 Å². The quantitative estimate of drug-likeness (QED) is 0.700. The van der Waals surface area contributed by atoms with Gasteiger partial charge in [-0.05, 0) is 32.4 Å². The van der Waals surface area contributed by atoms with E-state index in [1.165, 1.54) is 7.11 Å². The lowest BCUT2D eigenvalue weighted by atomic mass is 10.0. The van der Waals surface area contributed by atoms with Gasteiger partial charge in [-0.15, -0.1) is 0 Å². The van der Waals surface area contributed by atoms with Crippen LogP contribution in [0.4, 0.5) is 4.79 Å². The summed E-state index contributed by atoms with van der Waals surface area (Å²) in [6, 6.07) is 6.11. The molecule has 0 bridgehead atoms. The summed E-state index contributed by atoms with van der Waals surface area (Å²) in [7, 11) is 1.36. The van der Waals surface area contributed by atoms with E-state index in [2.05, 4.69) is 10.6 Å². The molecule has 1 atom stereocenters. The summed E-state index contributed by atoms with van der Waals surface area (Å²) in [4.78, 5) is 40.3. The van der Waals surface area contributed by atoms with Gasteiger partial charge in [0.05, 0.1) is 13.7 Å². The minimum absolute atomic E-state index is 0.111. The molecular weight excluding hydrogens is 396 g/mol. The van der Waals surface area contributed by atoms with Crippen molar-refractivity contribution in [1.82, 2.24) is 20.4 Å². The van der Waals surface area contributed by atoms with Crippen molar-refractivity contribution in [3.63, 3.8) is 0 Å². The van der Waals surface area contributed by atoms with Crippen LogP contribution in [-0.4, -0.2) is 73.1 Å². The Morgan fingerprint density at radius 1 is 1.14 bits per heavy atom. The van der Waals surface area contributed by atoms with Gasteiger partial charge in [0.25, 0.3) is 0 Å². The van der Waals surface area contributed by atoms with E-state index in [1.807, 2.05) is 48.8 Å². The lowest BCUT2D eigenvalue weighted by Gasteiger charge is -2.38. The maximum Gasteiger partial charge on any atom is 0.327 e.